The van der Waals surface area contributed by atoms with Crippen molar-refractivity contribution >= 4 is 34.0 Å². The van der Waals surface area contributed by atoms with Gasteiger partial charge >= 0.3 is 0 Å². The molecule has 0 fully saturated rings. The lowest BCUT2D eigenvalue weighted by Gasteiger charge is -2.14. The van der Waals surface area contributed by atoms with Gasteiger partial charge in [-0.25, -0.2) is 4.98 Å². The monoisotopic (exact) mass is 377 g/mol. The van der Waals surface area contributed by atoms with Crippen LogP contribution in [0.1, 0.15) is 28.4 Å². The number of hydrogen-bond donors (Lipinski definition) is 1. The zero-order chi connectivity index (χ0) is 19.0. The molecule has 1 aromatic heterocycles. The van der Waals surface area contributed by atoms with Crippen molar-refractivity contribution in [3.05, 3.63) is 64.5 Å². The number of carbonyl (C=O) groups excluding carboxylic acids is 2. The highest BCUT2D eigenvalue weighted by molar-refractivity contribution is 7.14. The van der Waals surface area contributed by atoms with Gasteiger partial charge in [-0.15, -0.1) is 11.3 Å². The first-order valence-electron chi connectivity index (χ1n) is 8.77. The molecule has 0 aliphatic carbocycles. The highest BCUT2D eigenvalue weighted by Crippen LogP contribution is 2.33. The Bertz CT molecular complexity index is 1040. The summed E-state index contributed by atoms with van der Waals surface area (Å²) in [6.45, 7) is 4.23. The van der Waals surface area contributed by atoms with Crippen molar-refractivity contribution in [2.75, 3.05) is 16.8 Å². The number of carbonyl (C=O) groups is 2. The molecule has 27 heavy (non-hydrogen) atoms. The minimum Gasteiger partial charge on any atom is -0.312 e. The third-order valence-electron chi connectivity index (χ3n) is 4.77. The molecule has 5 nitrogen and oxygen atoms in total. The van der Waals surface area contributed by atoms with Crippen LogP contribution in [0, 0.1) is 6.92 Å². The number of fused-ring (bicyclic) bond motifs is 1. The van der Waals surface area contributed by atoms with E-state index in [9.17, 15) is 9.59 Å². The largest absolute Gasteiger partial charge is 0.312 e. The van der Waals surface area contributed by atoms with Crippen LogP contribution in [0.15, 0.2) is 47.8 Å². The van der Waals surface area contributed by atoms with Crippen molar-refractivity contribution in [3.63, 3.8) is 0 Å². The van der Waals surface area contributed by atoms with Gasteiger partial charge in [0.2, 0.25) is 5.91 Å². The summed E-state index contributed by atoms with van der Waals surface area (Å²) in [6.07, 6.45) is 0.851. The molecule has 0 saturated carbocycles. The van der Waals surface area contributed by atoms with Crippen LogP contribution in [-0.2, 0) is 11.2 Å². The zero-order valence-corrected chi connectivity index (χ0v) is 16.0. The van der Waals surface area contributed by atoms with Gasteiger partial charge < -0.3 is 4.90 Å². The molecule has 0 spiro atoms. The third kappa shape index (κ3) is 3.36. The molecule has 0 unspecified atom stereocenters. The Labute approximate surface area is 161 Å². The number of anilines is 2. The molecule has 2 amide bonds. The molecule has 0 radical (unpaired) electrons. The lowest BCUT2D eigenvalue weighted by atomic mass is 10.1. The number of aromatic nitrogens is 1. The van der Waals surface area contributed by atoms with Gasteiger partial charge in [0.05, 0.1) is 5.69 Å². The van der Waals surface area contributed by atoms with Crippen molar-refractivity contribution in [1.29, 1.82) is 0 Å². The molecule has 0 bridgehead atoms. The summed E-state index contributed by atoms with van der Waals surface area (Å²) in [4.78, 5) is 30.5. The van der Waals surface area contributed by atoms with Gasteiger partial charge in [-0.3, -0.25) is 14.9 Å². The molecule has 0 atom stereocenters. The normalized spacial score (nSPS) is 12.7. The predicted octanol–water partition coefficient (Wildman–Crippen LogP) is 4.28. The van der Waals surface area contributed by atoms with Crippen molar-refractivity contribution in [3.8, 4) is 11.3 Å². The average Bonchev–Trinajstić information content (AvgIpc) is 3.28. The second-order valence-electron chi connectivity index (χ2n) is 6.57. The van der Waals surface area contributed by atoms with Gasteiger partial charge in [-0.05, 0) is 42.7 Å². The van der Waals surface area contributed by atoms with Crippen LogP contribution in [0.4, 0.5) is 10.8 Å². The van der Waals surface area contributed by atoms with E-state index < -0.39 is 0 Å². The molecule has 2 aromatic carbocycles. The molecule has 3 aromatic rings. The molecular weight excluding hydrogens is 358 g/mol. The van der Waals surface area contributed by atoms with E-state index in [2.05, 4.69) is 16.4 Å². The smallest absolute Gasteiger partial charge is 0.257 e. The van der Waals surface area contributed by atoms with Gasteiger partial charge in [0.1, 0.15) is 0 Å². The van der Waals surface area contributed by atoms with E-state index in [0.717, 1.165) is 41.0 Å². The SMILES string of the molecule is CC(=O)N1CCc2cc(-c3csc(NC(=O)c4ccccc4C)n3)ccc21. The molecular formula is C21H19N3O2S. The van der Waals surface area contributed by atoms with Crippen LogP contribution in [0.5, 0.6) is 0 Å². The van der Waals surface area contributed by atoms with Crippen LogP contribution in [0.3, 0.4) is 0 Å². The number of nitrogens with one attached hydrogen (secondary N) is 1. The van der Waals surface area contributed by atoms with E-state index in [1.807, 2.05) is 42.6 Å². The Morgan fingerprint density at radius 3 is 2.78 bits per heavy atom. The topological polar surface area (TPSA) is 62.3 Å². The maximum atomic E-state index is 12.5. The number of thiazole rings is 1. The highest BCUT2D eigenvalue weighted by Gasteiger charge is 2.22. The molecule has 0 saturated heterocycles. The molecule has 1 aliphatic rings. The van der Waals surface area contributed by atoms with E-state index in [1.54, 1.807) is 17.9 Å². The minimum absolute atomic E-state index is 0.0661. The first-order valence-corrected chi connectivity index (χ1v) is 9.65. The summed E-state index contributed by atoms with van der Waals surface area (Å²) in [7, 11) is 0. The van der Waals surface area contributed by atoms with Crippen LogP contribution in [0.2, 0.25) is 0 Å². The molecule has 2 heterocycles. The number of benzene rings is 2. The number of hydrogen-bond acceptors (Lipinski definition) is 4. The summed E-state index contributed by atoms with van der Waals surface area (Å²) in [5.74, 6) is -0.0867. The zero-order valence-electron chi connectivity index (χ0n) is 15.2. The fourth-order valence-corrected chi connectivity index (χ4v) is 4.06. The first-order chi connectivity index (χ1) is 13.0. The van der Waals surface area contributed by atoms with Crippen molar-refractivity contribution in [1.82, 2.24) is 4.98 Å². The van der Waals surface area contributed by atoms with Gasteiger partial charge in [0, 0.05) is 35.7 Å². The van der Waals surface area contributed by atoms with E-state index in [4.69, 9.17) is 0 Å². The van der Waals surface area contributed by atoms with Crippen molar-refractivity contribution in [2.24, 2.45) is 0 Å². The quantitative estimate of drug-likeness (QED) is 0.741. The van der Waals surface area contributed by atoms with E-state index in [0.29, 0.717) is 10.7 Å². The van der Waals surface area contributed by atoms with E-state index in [1.165, 1.54) is 11.3 Å². The second-order valence-corrected chi connectivity index (χ2v) is 7.43. The second kappa shape index (κ2) is 6.96. The maximum absolute atomic E-state index is 12.5. The molecule has 136 valence electrons. The number of aryl methyl sites for hydroxylation is 1. The van der Waals surface area contributed by atoms with Crippen LogP contribution in [-0.4, -0.2) is 23.3 Å². The van der Waals surface area contributed by atoms with Crippen LogP contribution < -0.4 is 10.2 Å². The van der Waals surface area contributed by atoms with Gasteiger partial charge in [0.25, 0.3) is 5.91 Å². The Morgan fingerprint density at radius 1 is 1.19 bits per heavy atom. The number of nitrogens with zero attached hydrogens (tertiary/aromatic N) is 2. The Morgan fingerprint density at radius 2 is 2.00 bits per heavy atom. The summed E-state index contributed by atoms with van der Waals surface area (Å²) in [5.41, 5.74) is 5.53. The Balaban J connectivity index is 1.54. The molecule has 1 aliphatic heterocycles. The average molecular weight is 377 g/mol. The summed E-state index contributed by atoms with van der Waals surface area (Å²) >= 11 is 1.40. The van der Waals surface area contributed by atoms with Crippen molar-refractivity contribution < 1.29 is 9.59 Å². The first kappa shape index (κ1) is 17.4. The fraction of sp³-hybridized carbons (Fsp3) is 0.190. The Hall–Kier alpha value is -2.99. The summed E-state index contributed by atoms with van der Waals surface area (Å²) in [5, 5.41) is 5.39. The number of amides is 2. The lowest BCUT2D eigenvalue weighted by molar-refractivity contribution is -0.116. The highest BCUT2D eigenvalue weighted by atomic mass is 32.1. The van der Waals surface area contributed by atoms with E-state index in [-0.39, 0.29) is 11.8 Å². The summed E-state index contributed by atoms with van der Waals surface area (Å²) < 4.78 is 0. The van der Waals surface area contributed by atoms with Crippen molar-refractivity contribution in [2.45, 2.75) is 20.3 Å². The Kier molecular flexibility index (Phi) is 4.49. The molecule has 6 heteroatoms. The van der Waals surface area contributed by atoms with Gasteiger partial charge in [-0.2, -0.15) is 0 Å². The molecule has 4 rings (SSSR count). The van der Waals surface area contributed by atoms with E-state index >= 15 is 0 Å². The van der Waals surface area contributed by atoms with Gasteiger partial charge in [0.15, 0.2) is 5.13 Å². The lowest BCUT2D eigenvalue weighted by Crippen LogP contribution is -2.25. The standard InChI is InChI=1S/C21H19N3O2S/c1-13-5-3-4-6-17(13)20(26)23-21-22-18(12-27-21)15-7-8-19-16(11-15)9-10-24(19)14(2)25/h3-8,11-12H,9-10H2,1-2H3,(H,22,23,26). The predicted molar refractivity (Wildman–Crippen MR) is 108 cm³/mol. The van der Waals surface area contributed by atoms with Gasteiger partial charge in [-0.1, -0.05) is 24.3 Å². The third-order valence-corrected chi connectivity index (χ3v) is 5.52. The molecule has 1 N–H and O–H groups in total. The minimum atomic E-state index is -0.153. The van der Waals surface area contributed by atoms with Crippen LogP contribution in [0.25, 0.3) is 11.3 Å². The summed E-state index contributed by atoms with van der Waals surface area (Å²) in [6, 6.07) is 13.5. The maximum Gasteiger partial charge on any atom is 0.257 e. The fourth-order valence-electron chi connectivity index (χ4n) is 3.34. The number of rotatable bonds is 3. The van der Waals surface area contributed by atoms with Crippen LogP contribution >= 0.6 is 11.3 Å².